The fourth-order valence-corrected chi connectivity index (χ4v) is 1.81. The predicted molar refractivity (Wildman–Crippen MR) is 65.0 cm³/mol. The van der Waals surface area contributed by atoms with Gasteiger partial charge in [0.25, 0.3) is 0 Å². The van der Waals surface area contributed by atoms with Crippen molar-refractivity contribution in [3.05, 3.63) is 11.6 Å². The van der Waals surface area contributed by atoms with Crippen molar-refractivity contribution in [3.63, 3.8) is 0 Å². The van der Waals surface area contributed by atoms with Crippen LogP contribution in [-0.4, -0.2) is 18.5 Å². The van der Waals surface area contributed by atoms with Crippen LogP contribution in [0.5, 0.6) is 0 Å². The highest BCUT2D eigenvalue weighted by Crippen LogP contribution is 2.22. The first-order valence-electron chi connectivity index (χ1n) is 5.32. The van der Waals surface area contributed by atoms with E-state index in [4.69, 9.17) is 5.73 Å². The first-order chi connectivity index (χ1) is 6.65. The Morgan fingerprint density at radius 3 is 2.67 bits per heavy atom. The predicted octanol–water partition coefficient (Wildman–Crippen LogP) is 1.62. The molecule has 0 radical (unpaired) electrons. The van der Waals surface area contributed by atoms with Gasteiger partial charge in [-0.3, -0.25) is 4.79 Å². The van der Waals surface area contributed by atoms with Crippen molar-refractivity contribution in [3.8, 4) is 0 Å². The summed E-state index contributed by atoms with van der Waals surface area (Å²) in [5.41, 5.74) is 6.68. The molecule has 1 rings (SSSR count). The van der Waals surface area contributed by atoms with Crippen LogP contribution in [0.15, 0.2) is 11.6 Å². The number of amides is 1. The van der Waals surface area contributed by atoms with Crippen molar-refractivity contribution in [1.29, 1.82) is 0 Å². The van der Waals surface area contributed by atoms with Gasteiger partial charge in [-0.2, -0.15) is 0 Å². The Morgan fingerprint density at radius 1 is 1.53 bits per heavy atom. The van der Waals surface area contributed by atoms with E-state index in [2.05, 4.69) is 5.32 Å². The zero-order valence-corrected chi connectivity index (χ0v) is 10.3. The van der Waals surface area contributed by atoms with Gasteiger partial charge in [-0.25, -0.2) is 0 Å². The Labute approximate surface area is 97.9 Å². The average molecular weight is 233 g/mol. The summed E-state index contributed by atoms with van der Waals surface area (Å²) >= 11 is 0. The van der Waals surface area contributed by atoms with E-state index in [1.54, 1.807) is 0 Å². The normalized spacial score (nSPS) is 25.9. The maximum Gasteiger partial charge on any atom is 0.246 e. The Hall–Kier alpha value is -0.540. The third-order valence-electron chi connectivity index (χ3n) is 3.03. The van der Waals surface area contributed by atoms with Crippen molar-refractivity contribution in [1.82, 2.24) is 5.32 Å². The standard InChI is InChI=1S/C11H20N2O.ClH/c1-3-8(2)11(14)13-7-9-5-4-6-10(9)12;/h3,9-10H,4-7,12H2,1-2H3,(H,13,14);1H/b8-3-;. The largest absolute Gasteiger partial charge is 0.352 e. The highest BCUT2D eigenvalue weighted by atomic mass is 35.5. The van der Waals surface area contributed by atoms with Crippen molar-refractivity contribution < 1.29 is 4.79 Å². The Kier molecular flexibility index (Phi) is 6.61. The van der Waals surface area contributed by atoms with Gasteiger partial charge < -0.3 is 11.1 Å². The van der Waals surface area contributed by atoms with Crippen LogP contribution >= 0.6 is 12.4 Å². The van der Waals surface area contributed by atoms with Crippen LogP contribution in [0, 0.1) is 5.92 Å². The second kappa shape index (κ2) is 6.85. The summed E-state index contributed by atoms with van der Waals surface area (Å²) in [5, 5.41) is 2.92. The highest BCUT2D eigenvalue weighted by Gasteiger charge is 2.23. The molecule has 1 amide bonds. The molecule has 0 bridgehead atoms. The Balaban J connectivity index is 0.00000196. The minimum absolute atomic E-state index is 0. The first kappa shape index (κ1) is 14.5. The van der Waals surface area contributed by atoms with Gasteiger partial charge in [0.05, 0.1) is 0 Å². The Bertz CT molecular complexity index is 241. The maximum absolute atomic E-state index is 11.4. The summed E-state index contributed by atoms with van der Waals surface area (Å²) in [4.78, 5) is 11.4. The lowest BCUT2D eigenvalue weighted by molar-refractivity contribution is -0.117. The minimum Gasteiger partial charge on any atom is -0.352 e. The van der Waals surface area contributed by atoms with Crippen molar-refractivity contribution in [2.75, 3.05) is 6.54 Å². The summed E-state index contributed by atoms with van der Waals surface area (Å²) in [7, 11) is 0. The fourth-order valence-electron chi connectivity index (χ4n) is 1.81. The van der Waals surface area contributed by atoms with Crippen LogP contribution in [0.3, 0.4) is 0 Å². The van der Waals surface area contributed by atoms with E-state index in [1.807, 2.05) is 19.9 Å². The maximum atomic E-state index is 11.4. The molecule has 88 valence electrons. The molecule has 0 aromatic rings. The summed E-state index contributed by atoms with van der Waals surface area (Å²) in [6.45, 7) is 4.42. The lowest BCUT2D eigenvalue weighted by Crippen LogP contribution is -2.36. The van der Waals surface area contributed by atoms with E-state index in [1.165, 1.54) is 6.42 Å². The summed E-state index contributed by atoms with van der Waals surface area (Å²) in [5.74, 6) is 0.509. The molecule has 1 saturated carbocycles. The highest BCUT2D eigenvalue weighted by molar-refractivity contribution is 5.92. The lowest BCUT2D eigenvalue weighted by atomic mass is 10.0. The van der Waals surface area contributed by atoms with E-state index < -0.39 is 0 Å². The molecule has 0 aliphatic heterocycles. The van der Waals surface area contributed by atoms with E-state index in [-0.39, 0.29) is 24.4 Å². The van der Waals surface area contributed by atoms with Gasteiger partial charge in [-0.1, -0.05) is 12.5 Å². The number of allylic oxidation sites excluding steroid dienone is 1. The van der Waals surface area contributed by atoms with Crippen molar-refractivity contribution in [2.24, 2.45) is 11.7 Å². The molecule has 2 atom stereocenters. The van der Waals surface area contributed by atoms with Gasteiger partial charge in [-0.05, 0) is 32.6 Å². The number of hydrogen-bond acceptors (Lipinski definition) is 2. The van der Waals surface area contributed by atoms with E-state index >= 15 is 0 Å². The second-order valence-electron chi connectivity index (χ2n) is 4.04. The topological polar surface area (TPSA) is 55.1 Å². The van der Waals surface area contributed by atoms with Crippen molar-refractivity contribution in [2.45, 2.75) is 39.2 Å². The zero-order chi connectivity index (χ0) is 10.6. The molecule has 0 heterocycles. The third-order valence-corrected chi connectivity index (χ3v) is 3.03. The molecule has 0 aromatic heterocycles. The minimum atomic E-state index is 0. The second-order valence-corrected chi connectivity index (χ2v) is 4.04. The molecule has 3 nitrogen and oxygen atoms in total. The lowest BCUT2D eigenvalue weighted by Gasteiger charge is -2.15. The number of nitrogens with one attached hydrogen (secondary N) is 1. The van der Waals surface area contributed by atoms with Gasteiger partial charge in [0.1, 0.15) is 0 Å². The van der Waals surface area contributed by atoms with Crippen molar-refractivity contribution >= 4 is 18.3 Å². The van der Waals surface area contributed by atoms with Gasteiger partial charge in [0.2, 0.25) is 5.91 Å². The summed E-state index contributed by atoms with van der Waals surface area (Å²) < 4.78 is 0. The van der Waals surface area contributed by atoms with Gasteiger partial charge >= 0.3 is 0 Å². The number of nitrogens with two attached hydrogens (primary N) is 1. The SMILES string of the molecule is C/C=C(/C)C(=O)NCC1CCCC1N.Cl. The molecular formula is C11H21ClN2O. The van der Waals surface area contributed by atoms with Gasteiger partial charge in [0, 0.05) is 18.2 Å². The summed E-state index contributed by atoms with van der Waals surface area (Å²) in [6.07, 6.45) is 5.27. The molecule has 4 heteroatoms. The first-order valence-corrected chi connectivity index (χ1v) is 5.32. The molecule has 0 aromatic carbocycles. The molecular weight excluding hydrogens is 212 g/mol. The smallest absolute Gasteiger partial charge is 0.246 e. The van der Waals surface area contributed by atoms with E-state index in [0.717, 1.165) is 25.0 Å². The van der Waals surface area contributed by atoms with Gasteiger partial charge in [-0.15, -0.1) is 12.4 Å². The molecule has 3 N–H and O–H groups in total. The quantitative estimate of drug-likeness (QED) is 0.727. The number of halogens is 1. The van der Waals surface area contributed by atoms with Crippen LogP contribution in [0.4, 0.5) is 0 Å². The van der Waals surface area contributed by atoms with Gasteiger partial charge in [0.15, 0.2) is 0 Å². The average Bonchev–Trinajstić information content (AvgIpc) is 2.59. The van der Waals surface area contributed by atoms with Crippen LogP contribution in [-0.2, 0) is 4.79 Å². The van der Waals surface area contributed by atoms with Crippen LogP contribution in [0.1, 0.15) is 33.1 Å². The number of rotatable bonds is 3. The van der Waals surface area contributed by atoms with Crippen LogP contribution in [0.25, 0.3) is 0 Å². The molecule has 15 heavy (non-hydrogen) atoms. The molecule has 0 spiro atoms. The number of hydrogen-bond donors (Lipinski definition) is 2. The third kappa shape index (κ3) is 4.22. The molecule has 1 aliphatic carbocycles. The van der Waals surface area contributed by atoms with E-state index in [9.17, 15) is 4.79 Å². The number of carbonyl (C=O) groups excluding carboxylic acids is 1. The molecule has 0 saturated heterocycles. The molecule has 1 aliphatic rings. The fraction of sp³-hybridized carbons (Fsp3) is 0.727. The Morgan fingerprint density at radius 2 is 2.20 bits per heavy atom. The number of carbonyl (C=O) groups is 1. The zero-order valence-electron chi connectivity index (χ0n) is 9.45. The van der Waals surface area contributed by atoms with Crippen LogP contribution in [0.2, 0.25) is 0 Å². The molecule has 1 fully saturated rings. The molecule has 2 unspecified atom stereocenters. The van der Waals surface area contributed by atoms with E-state index in [0.29, 0.717) is 5.92 Å². The van der Waals surface area contributed by atoms with Crippen LogP contribution < -0.4 is 11.1 Å². The monoisotopic (exact) mass is 232 g/mol. The summed E-state index contributed by atoms with van der Waals surface area (Å²) in [6, 6.07) is 0.279.